The summed E-state index contributed by atoms with van der Waals surface area (Å²) >= 11 is 2.21. The molecule has 1 rings (SSSR count). The highest BCUT2D eigenvalue weighted by molar-refractivity contribution is 8.00. The molecule has 84 valence electrons. The van der Waals surface area contributed by atoms with Crippen molar-refractivity contribution in [3.05, 3.63) is 0 Å². The van der Waals surface area contributed by atoms with Gasteiger partial charge in [-0.15, -0.1) is 0 Å². The molecule has 0 aromatic carbocycles. The summed E-state index contributed by atoms with van der Waals surface area (Å²) in [5.41, 5.74) is 0.939. The Labute approximate surface area is 94.2 Å². The van der Waals surface area contributed by atoms with E-state index in [1.807, 2.05) is 0 Å². The SMILES string of the molecule is CC(C)(C)C1CCCSC1C(C)(C)C. The van der Waals surface area contributed by atoms with Gasteiger partial charge in [-0.1, -0.05) is 41.5 Å². The van der Waals surface area contributed by atoms with Crippen LogP contribution in [0.3, 0.4) is 0 Å². The first-order valence-electron chi connectivity index (χ1n) is 5.84. The van der Waals surface area contributed by atoms with E-state index in [1.165, 1.54) is 18.6 Å². The number of hydrogen-bond acceptors (Lipinski definition) is 1. The smallest absolute Gasteiger partial charge is 0.0129 e. The van der Waals surface area contributed by atoms with Crippen molar-refractivity contribution in [3.8, 4) is 0 Å². The lowest BCUT2D eigenvalue weighted by Gasteiger charge is -2.46. The zero-order valence-electron chi connectivity index (χ0n) is 10.7. The number of rotatable bonds is 0. The van der Waals surface area contributed by atoms with Crippen molar-refractivity contribution in [2.45, 2.75) is 59.6 Å². The second-order valence-electron chi connectivity index (χ2n) is 6.77. The van der Waals surface area contributed by atoms with Gasteiger partial charge in [0, 0.05) is 5.25 Å². The molecule has 0 aliphatic carbocycles. The van der Waals surface area contributed by atoms with E-state index in [9.17, 15) is 0 Å². The predicted molar refractivity (Wildman–Crippen MR) is 67.9 cm³/mol. The Bertz CT molecular complexity index is 160. The first kappa shape index (κ1) is 12.4. The van der Waals surface area contributed by atoms with Crippen molar-refractivity contribution < 1.29 is 0 Å². The third-order valence-electron chi connectivity index (χ3n) is 3.29. The molecule has 1 aliphatic rings. The molecule has 0 saturated carbocycles. The molecule has 0 nitrogen and oxygen atoms in total. The zero-order chi connectivity index (χ0) is 11.0. The summed E-state index contributed by atoms with van der Waals surface area (Å²) in [6.07, 6.45) is 2.84. The Balaban J connectivity index is 2.80. The fourth-order valence-corrected chi connectivity index (χ4v) is 4.39. The lowest BCUT2D eigenvalue weighted by atomic mass is 9.69. The maximum absolute atomic E-state index is 2.41. The third-order valence-corrected chi connectivity index (χ3v) is 5.21. The summed E-state index contributed by atoms with van der Waals surface area (Å²) in [5.74, 6) is 2.26. The number of thioether (sulfide) groups is 1. The topological polar surface area (TPSA) is 0 Å². The minimum atomic E-state index is 0.461. The molecule has 0 spiro atoms. The molecular weight excluding hydrogens is 188 g/mol. The van der Waals surface area contributed by atoms with Gasteiger partial charge in [0.05, 0.1) is 0 Å². The van der Waals surface area contributed by atoms with E-state index < -0.39 is 0 Å². The van der Waals surface area contributed by atoms with Crippen LogP contribution in [0.5, 0.6) is 0 Å². The van der Waals surface area contributed by atoms with Crippen molar-refractivity contribution in [1.82, 2.24) is 0 Å². The fraction of sp³-hybridized carbons (Fsp3) is 1.00. The van der Waals surface area contributed by atoms with Gasteiger partial charge in [0.25, 0.3) is 0 Å². The van der Waals surface area contributed by atoms with Crippen molar-refractivity contribution in [3.63, 3.8) is 0 Å². The summed E-state index contributed by atoms with van der Waals surface area (Å²) < 4.78 is 0. The van der Waals surface area contributed by atoms with Gasteiger partial charge in [0.2, 0.25) is 0 Å². The zero-order valence-corrected chi connectivity index (χ0v) is 11.5. The molecule has 1 saturated heterocycles. The van der Waals surface area contributed by atoms with Crippen LogP contribution in [0.1, 0.15) is 54.4 Å². The van der Waals surface area contributed by atoms with Gasteiger partial charge in [0.15, 0.2) is 0 Å². The van der Waals surface area contributed by atoms with Gasteiger partial charge >= 0.3 is 0 Å². The molecule has 1 heteroatoms. The molecule has 2 atom stereocenters. The summed E-state index contributed by atoms with van der Waals surface area (Å²) in [6.45, 7) is 14.4. The van der Waals surface area contributed by atoms with Crippen LogP contribution in [-0.4, -0.2) is 11.0 Å². The molecule has 0 radical (unpaired) electrons. The molecule has 1 fully saturated rings. The van der Waals surface area contributed by atoms with Crippen LogP contribution in [-0.2, 0) is 0 Å². The van der Waals surface area contributed by atoms with Crippen molar-refractivity contribution >= 4 is 11.8 Å². The molecule has 0 bridgehead atoms. The van der Waals surface area contributed by atoms with Gasteiger partial charge in [-0.05, 0) is 35.3 Å². The molecule has 1 aliphatic heterocycles. The molecule has 2 unspecified atom stereocenters. The van der Waals surface area contributed by atoms with Gasteiger partial charge in [0.1, 0.15) is 0 Å². The average Bonchev–Trinajstić information content (AvgIpc) is 2.01. The van der Waals surface area contributed by atoms with E-state index in [4.69, 9.17) is 0 Å². The van der Waals surface area contributed by atoms with Crippen LogP contribution in [0.2, 0.25) is 0 Å². The Morgan fingerprint density at radius 2 is 1.50 bits per heavy atom. The molecule has 1 heterocycles. The predicted octanol–water partition coefficient (Wildman–Crippen LogP) is 4.59. The summed E-state index contributed by atoms with van der Waals surface area (Å²) in [5, 5.41) is 0.844. The largest absolute Gasteiger partial charge is 0.158 e. The molecule has 0 aromatic heterocycles. The van der Waals surface area contributed by atoms with Gasteiger partial charge < -0.3 is 0 Å². The van der Waals surface area contributed by atoms with E-state index in [0.717, 1.165) is 11.2 Å². The molecule has 0 N–H and O–H groups in total. The third kappa shape index (κ3) is 2.92. The standard InChI is InChI=1S/C13H26S/c1-12(2,3)10-8-7-9-14-11(10)13(4,5)6/h10-11H,7-9H2,1-6H3. The van der Waals surface area contributed by atoms with Crippen LogP contribution in [0, 0.1) is 16.7 Å². The van der Waals surface area contributed by atoms with Gasteiger partial charge in [-0.25, -0.2) is 0 Å². The molecule has 0 amide bonds. The number of hydrogen-bond donors (Lipinski definition) is 0. The van der Waals surface area contributed by atoms with Crippen LogP contribution in [0.15, 0.2) is 0 Å². The Kier molecular flexibility index (Phi) is 3.62. The van der Waals surface area contributed by atoms with Crippen LogP contribution >= 0.6 is 11.8 Å². The maximum Gasteiger partial charge on any atom is 0.0129 e. The summed E-state index contributed by atoms with van der Waals surface area (Å²) in [7, 11) is 0. The normalized spacial score (nSPS) is 30.4. The lowest BCUT2D eigenvalue weighted by Crippen LogP contribution is -2.40. The van der Waals surface area contributed by atoms with Crippen LogP contribution < -0.4 is 0 Å². The molecular formula is C13H26S. The van der Waals surface area contributed by atoms with E-state index in [2.05, 4.69) is 53.3 Å². The fourth-order valence-electron chi connectivity index (χ4n) is 2.52. The van der Waals surface area contributed by atoms with Crippen LogP contribution in [0.25, 0.3) is 0 Å². The Morgan fingerprint density at radius 3 is 1.86 bits per heavy atom. The quantitative estimate of drug-likeness (QED) is 0.568. The van der Waals surface area contributed by atoms with Crippen molar-refractivity contribution in [1.29, 1.82) is 0 Å². The van der Waals surface area contributed by atoms with Crippen molar-refractivity contribution in [2.24, 2.45) is 16.7 Å². The molecule has 14 heavy (non-hydrogen) atoms. The minimum absolute atomic E-state index is 0.461. The maximum atomic E-state index is 2.41. The van der Waals surface area contributed by atoms with E-state index in [-0.39, 0.29) is 0 Å². The van der Waals surface area contributed by atoms with E-state index in [1.54, 1.807) is 0 Å². The highest BCUT2D eigenvalue weighted by Gasteiger charge is 2.40. The molecule has 0 aromatic rings. The van der Waals surface area contributed by atoms with E-state index >= 15 is 0 Å². The summed E-state index contributed by atoms with van der Waals surface area (Å²) in [6, 6.07) is 0. The monoisotopic (exact) mass is 214 g/mol. The summed E-state index contributed by atoms with van der Waals surface area (Å²) in [4.78, 5) is 0. The lowest BCUT2D eigenvalue weighted by molar-refractivity contribution is 0.159. The highest BCUT2D eigenvalue weighted by atomic mass is 32.2. The van der Waals surface area contributed by atoms with Gasteiger partial charge in [-0.3, -0.25) is 0 Å². The average molecular weight is 214 g/mol. The minimum Gasteiger partial charge on any atom is -0.158 e. The first-order chi connectivity index (χ1) is 6.23. The van der Waals surface area contributed by atoms with Gasteiger partial charge in [-0.2, -0.15) is 11.8 Å². The van der Waals surface area contributed by atoms with E-state index in [0.29, 0.717) is 10.8 Å². The van der Waals surface area contributed by atoms with Crippen molar-refractivity contribution in [2.75, 3.05) is 5.75 Å². The first-order valence-corrected chi connectivity index (χ1v) is 6.89. The highest BCUT2D eigenvalue weighted by Crippen LogP contribution is 2.48. The van der Waals surface area contributed by atoms with Crippen LogP contribution in [0.4, 0.5) is 0 Å². The second kappa shape index (κ2) is 4.08. The Morgan fingerprint density at radius 1 is 0.929 bits per heavy atom. The Hall–Kier alpha value is 0.350. The second-order valence-corrected chi connectivity index (χ2v) is 8.02.